The molecule has 0 amide bonds. The number of anilines is 2. The molecule has 0 spiro atoms. The Morgan fingerprint density at radius 2 is 1.77 bits per heavy atom. The van der Waals surface area contributed by atoms with Crippen LogP contribution in [-0.4, -0.2) is 43.3 Å². The highest BCUT2D eigenvalue weighted by atomic mass is 32.2. The number of sulfonamides is 1. The molecule has 8 heteroatoms. The summed E-state index contributed by atoms with van der Waals surface area (Å²) in [6, 6.07) is 12.4. The van der Waals surface area contributed by atoms with Crippen molar-refractivity contribution in [2.45, 2.75) is 69.7 Å². The number of aliphatic hydroxyl groups is 1. The Hall–Kier alpha value is -2.58. The molecule has 0 atom stereocenters. The lowest BCUT2D eigenvalue weighted by Gasteiger charge is -2.26. The summed E-state index contributed by atoms with van der Waals surface area (Å²) in [4.78, 5) is 5.22. The first-order valence-corrected chi connectivity index (χ1v) is 14.0. The lowest BCUT2D eigenvalue weighted by atomic mass is 9.88. The molecular formula is C27H38N4O3S. The fraction of sp³-hybridized carbons (Fsp3) is 0.519. The van der Waals surface area contributed by atoms with Crippen LogP contribution in [0, 0.1) is 5.92 Å². The molecule has 0 saturated heterocycles. The van der Waals surface area contributed by atoms with Crippen molar-refractivity contribution >= 4 is 32.4 Å². The average Bonchev–Trinajstić information content (AvgIpc) is 3.21. The fourth-order valence-corrected chi connectivity index (χ4v) is 6.13. The van der Waals surface area contributed by atoms with E-state index in [2.05, 4.69) is 30.7 Å². The molecule has 2 aromatic carbocycles. The number of hydrogen-bond acceptors (Lipinski definition) is 5. The van der Waals surface area contributed by atoms with Gasteiger partial charge in [0.2, 0.25) is 0 Å². The molecule has 1 aliphatic rings. The van der Waals surface area contributed by atoms with E-state index >= 15 is 0 Å². The number of aliphatic hydroxyl groups excluding tert-OH is 1. The van der Waals surface area contributed by atoms with Crippen LogP contribution in [-0.2, 0) is 22.0 Å². The molecule has 0 bridgehead atoms. The van der Waals surface area contributed by atoms with E-state index in [-0.39, 0.29) is 16.9 Å². The van der Waals surface area contributed by atoms with Gasteiger partial charge < -0.3 is 15.0 Å². The van der Waals surface area contributed by atoms with Gasteiger partial charge in [0, 0.05) is 31.2 Å². The maximum Gasteiger partial charge on any atom is 0.264 e. The molecule has 35 heavy (non-hydrogen) atoms. The van der Waals surface area contributed by atoms with Gasteiger partial charge in [-0.25, -0.2) is 13.4 Å². The molecule has 1 aliphatic carbocycles. The van der Waals surface area contributed by atoms with Crippen LogP contribution in [0.15, 0.2) is 47.4 Å². The summed E-state index contributed by atoms with van der Waals surface area (Å²) in [5, 5.41) is 12.0. The van der Waals surface area contributed by atoms with E-state index in [9.17, 15) is 8.42 Å². The summed E-state index contributed by atoms with van der Waals surface area (Å²) >= 11 is 0. The highest BCUT2D eigenvalue weighted by Crippen LogP contribution is 2.33. The predicted octanol–water partition coefficient (Wildman–Crippen LogP) is 5.14. The van der Waals surface area contributed by atoms with Gasteiger partial charge in [0.1, 0.15) is 5.82 Å². The van der Waals surface area contributed by atoms with Crippen molar-refractivity contribution in [3.63, 3.8) is 0 Å². The van der Waals surface area contributed by atoms with Crippen LogP contribution < -0.4 is 9.62 Å². The average molecular weight is 499 g/mol. The largest absolute Gasteiger partial charge is 0.395 e. The van der Waals surface area contributed by atoms with Gasteiger partial charge in [-0.15, -0.1) is 0 Å². The minimum atomic E-state index is -3.73. The monoisotopic (exact) mass is 498 g/mol. The second-order valence-corrected chi connectivity index (χ2v) is 12.6. The van der Waals surface area contributed by atoms with Gasteiger partial charge in [0.15, 0.2) is 0 Å². The second kappa shape index (κ2) is 10.2. The minimum Gasteiger partial charge on any atom is -0.395 e. The smallest absolute Gasteiger partial charge is 0.264 e. The number of imidazole rings is 1. The first-order chi connectivity index (χ1) is 16.6. The maximum atomic E-state index is 13.3. The van der Waals surface area contributed by atoms with E-state index in [1.165, 1.54) is 36.4 Å². The molecule has 0 aliphatic heterocycles. The van der Waals surface area contributed by atoms with Crippen molar-refractivity contribution in [1.29, 1.82) is 0 Å². The first kappa shape index (κ1) is 25.5. The summed E-state index contributed by atoms with van der Waals surface area (Å²) in [5.41, 5.74) is 3.13. The van der Waals surface area contributed by atoms with E-state index < -0.39 is 10.0 Å². The Bertz CT molecular complexity index is 1250. The molecule has 3 aromatic rings. The van der Waals surface area contributed by atoms with E-state index in [0.717, 1.165) is 29.1 Å². The lowest BCUT2D eigenvalue weighted by Crippen LogP contribution is -2.26. The van der Waals surface area contributed by atoms with Crippen molar-refractivity contribution in [2.24, 2.45) is 5.92 Å². The maximum absolute atomic E-state index is 13.3. The highest BCUT2D eigenvalue weighted by Gasteiger charge is 2.27. The van der Waals surface area contributed by atoms with Crippen molar-refractivity contribution < 1.29 is 13.5 Å². The molecule has 4 rings (SSSR count). The number of benzene rings is 2. The number of rotatable bonds is 8. The predicted molar refractivity (Wildman–Crippen MR) is 143 cm³/mol. The van der Waals surface area contributed by atoms with Crippen molar-refractivity contribution in [3.05, 3.63) is 48.3 Å². The molecule has 0 radical (unpaired) electrons. The summed E-state index contributed by atoms with van der Waals surface area (Å²) < 4.78 is 30.3. The summed E-state index contributed by atoms with van der Waals surface area (Å²) in [7, 11) is -2.15. The minimum absolute atomic E-state index is 0.0125. The Morgan fingerprint density at radius 1 is 1.09 bits per heavy atom. The summed E-state index contributed by atoms with van der Waals surface area (Å²) in [6.07, 6.45) is 6.45. The topological polar surface area (TPSA) is 87.5 Å². The molecular weight excluding hydrogens is 460 g/mol. The van der Waals surface area contributed by atoms with Crippen LogP contribution in [0.1, 0.15) is 58.7 Å². The van der Waals surface area contributed by atoms with Crippen LogP contribution in [0.2, 0.25) is 0 Å². The van der Waals surface area contributed by atoms with E-state index in [4.69, 9.17) is 10.1 Å². The van der Waals surface area contributed by atoms with Gasteiger partial charge in [0.05, 0.1) is 28.2 Å². The SMILES string of the molecule is CN(c1ccc2c(c1)nc(C(C)(C)C)n2CC1CCCCC1)S(=O)(=O)c1ccc(NCCO)cc1. The molecule has 7 nitrogen and oxygen atoms in total. The Labute approximate surface area is 209 Å². The summed E-state index contributed by atoms with van der Waals surface area (Å²) in [5.74, 6) is 1.71. The van der Waals surface area contributed by atoms with Crippen LogP contribution in [0.25, 0.3) is 11.0 Å². The standard InChI is InChI=1S/C27H38N4O3S/c1-27(2,3)26-29-24-18-22(12-15-25(24)31(26)19-20-8-6-5-7-9-20)30(4)35(33,34)23-13-10-21(11-14-23)28-16-17-32/h10-15,18,20,28,32H,5-9,16-17,19H2,1-4H3. The molecule has 1 heterocycles. The number of nitrogens with zero attached hydrogens (tertiary/aromatic N) is 3. The van der Waals surface area contributed by atoms with Gasteiger partial charge in [-0.2, -0.15) is 0 Å². The molecule has 1 saturated carbocycles. The zero-order valence-electron chi connectivity index (χ0n) is 21.3. The zero-order valence-corrected chi connectivity index (χ0v) is 22.1. The summed E-state index contributed by atoms with van der Waals surface area (Å²) in [6.45, 7) is 7.94. The highest BCUT2D eigenvalue weighted by molar-refractivity contribution is 7.92. The fourth-order valence-electron chi connectivity index (χ4n) is 4.94. The van der Waals surface area contributed by atoms with Crippen LogP contribution in [0.3, 0.4) is 0 Å². The van der Waals surface area contributed by atoms with Crippen molar-refractivity contribution in [1.82, 2.24) is 9.55 Å². The third kappa shape index (κ3) is 5.48. The Balaban J connectivity index is 1.65. The molecule has 0 unspecified atom stereocenters. The zero-order chi connectivity index (χ0) is 25.2. The third-order valence-corrected chi connectivity index (χ3v) is 8.69. The number of fused-ring (bicyclic) bond motifs is 1. The number of hydrogen-bond donors (Lipinski definition) is 2. The number of aromatic nitrogens is 2. The van der Waals surface area contributed by atoms with Gasteiger partial charge in [0.25, 0.3) is 10.0 Å². The van der Waals surface area contributed by atoms with Crippen LogP contribution in [0.4, 0.5) is 11.4 Å². The second-order valence-electron chi connectivity index (χ2n) is 10.6. The molecule has 1 fully saturated rings. The van der Waals surface area contributed by atoms with E-state index in [1.54, 1.807) is 31.3 Å². The first-order valence-electron chi connectivity index (χ1n) is 12.6. The van der Waals surface area contributed by atoms with Crippen molar-refractivity contribution in [3.8, 4) is 0 Å². The lowest BCUT2D eigenvalue weighted by molar-refractivity contribution is 0.311. The van der Waals surface area contributed by atoms with Gasteiger partial charge >= 0.3 is 0 Å². The normalized spacial score (nSPS) is 15.5. The van der Waals surface area contributed by atoms with Crippen LogP contribution in [0.5, 0.6) is 0 Å². The van der Waals surface area contributed by atoms with Gasteiger partial charge in [-0.1, -0.05) is 40.0 Å². The van der Waals surface area contributed by atoms with Crippen molar-refractivity contribution in [2.75, 3.05) is 29.8 Å². The van der Waals surface area contributed by atoms with Crippen LogP contribution >= 0.6 is 0 Å². The van der Waals surface area contributed by atoms with Gasteiger partial charge in [-0.3, -0.25) is 4.31 Å². The van der Waals surface area contributed by atoms with E-state index in [1.807, 2.05) is 18.2 Å². The Morgan fingerprint density at radius 3 is 2.40 bits per heavy atom. The number of nitrogens with one attached hydrogen (secondary N) is 1. The quantitative estimate of drug-likeness (QED) is 0.449. The third-order valence-electron chi connectivity index (χ3n) is 6.89. The van der Waals surface area contributed by atoms with E-state index in [0.29, 0.717) is 18.2 Å². The molecule has 190 valence electrons. The van der Waals surface area contributed by atoms with Gasteiger partial charge in [-0.05, 0) is 61.2 Å². The Kier molecular flexibility index (Phi) is 7.43. The molecule has 1 aromatic heterocycles. The molecule has 2 N–H and O–H groups in total.